The van der Waals surface area contributed by atoms with E-state index < -0.39 is 15.8 Å². The van der Waals surface area contributed by atoms with E-state index in [2.05, 4.69) is 10.0 Å². The molecule has 0 saturated heterocycles. The third kappa shape index (κ3) is 4.48. The van der Waals surface area contributed by atoms with Crippen molar-refractivity contribution in [1.29, 1.82) is 0 Å². The van der Waals surface area contributed by atoms with E-state index in [-0.39, 0.29) is 41.9 Å². The van der Waals surface area contributed by atoms with Crippen LogP contribution in [-0.2, 0) is 21.4 Å². The largest absolute Gasteiger partial charge is 0.353 e. The summed E-state index contributed by atoms with van der Waals surface area (Å²) in [5.41, 5.74) is 5.48. The van der Waals surface area contributed by atoms with Crippen LogP contribution in [0.15, 0.2) is 23.1 Å². The molecule has 1 aromatic rings. The summed E-state index contributed by atoms with van der Waals surface area (Å²) >= 11 is 0. The van der Waals surface area contributed by atoms with Crippen LogP contribution >= 0.6 is 0 Å². The standard InChI is InChI=1S/C13H18FN3O3S/c14-12-4-3-11(7-9(12)8-15)21(19,20)16-6-5-13(18)17-10-1-2-10/h3-4,7,10,16H,1-2,5-6,8,15H2,(H,17,18). The maximum atomic E-state index is 13.3. The highest BCUT2D eigenvalue weighted by Crippen LogP contribution is 2.18. The number of amides is 1. The predicted molar refractivity (Wildman–Crippen MR) is 75.3 cm³/mol. The molecule has 21 heavy (non-hydrogen) atoms. The molecule has 0 atom stereocenters. The van der Waals surface area contributed by atoms with E-state index in [0.29, 0.717) is 0 Å². The number of hydrogen-bond donors (Lipinski definition) is 3. The van der Waals surface area contributed by atoms with Crippen molar-refractivity contribution in [3.05, 3.63) is 29.6 Å². The summed E-state index contributed by atoms with van der Waals surface area (Å²) in [6.07, 6.45) is 2.03. The van der Waals surface area contributed by atoms with Gasteiger partial charge in [-0.25, -0.2) is 17.5 Å². The first-order chi connectivity index (χ1) is 9.92. The lowest BCUT2D eigenvalue weighted by molar-refractivity contribution is -0.121. The lowest BCUT2D eigenvalue weighted by atomic mass is 10.2. The summed E-state index contributed by atoms with van der Waals surface area (Å²) in [5, 5.41) is 2.77. The third-order valence-electron chi connectivity index (χ3n) is 3.13. The number of nitrogens with one attached hydrogen (secondary N) is 2. The van der Waals surface area contributed by atoms with Crippen molar-refractivity contribution in [3.8, 4) is 0 Å². The zero-order chi connectivity index (χ0) is 15.5. The molecule has 116 valence electrons. The molecule has 2 rings (SSSR count). The fourth-order valence-corrected chi connectivity index (χ4v) is 2.87. The molecule has 0 bridgehead atoms. The van der Waals surface area contributed by atoms with Gasteiger partial charge in [-0.2, -0.15) is 0 Å². The Morgan fingerprint density at radius 1 is 1.38 bits per heavy atom. The van der Waals surface area contributed by atoms with Gasteiger partial charge in [-0.05, 0) is 31.0 Å². The summed E-state index contributed by atoms with van der Waals surface area (Å²) < 4.78 is 39.7. The van der Waals surface area contributed by atoms with Crippen LogP contribution in [0.25, 0.3) is 0 Å². The van der Waals surface area contributed by atoms with Crippen LogP contribution in [0.5, 0.6) is 0 Å². The maximum Gasteiger partial charge on any atom is 0.240 e. The quantitative estimate of drug-likeness (QED) is 0.670. The summed E-state index contributed by atoms with van der Waals surface area (Å²) in [6.45, 7) is -0.0881. The number of rotatable bonds is 7. The van der Waals surface area contributed by atoms with Gasteiger partial charge in [0, 0.05) is 31.1 Å². The predicted octanol–water partition coefficient (Wildman–Crippen LogP) is 0.231. The van der Waals surface area contributed by atoms with Crippen LogP contribution in [0.4, 0.5) is 4.39 Å². The molecule has 0 heterocycles. The SMILES string of the molecule is NCc1cc(S(=O)(=O)NCCC(=O)NC2CC2)ccc1F. The van der Waals surface area contributed by atoms with Gasteiger partial charge in [-0.1, -0.05) is 0 Å². The van der Waals surface area contributed by atoms with E-state index in [1.54, 1.807) is 0 Å². The van der Waals surface area contributed by atoms with Crippen molar-refractivity contribution in [2.45, 2.75) is 36.7 Å². The highest BCUT2D eigenvalue weighted by Gasteiger charge is 2.23. The number of carbonyl (C=O) groups is 1. The van der Waals surface area contributed by atoms with Crippen molar-refractivity contribution in [3.63, 3.8) is 0 Å². The minimum Gasteiger partial charge on any atom is -0.353 e. The van der Waals surface area contributed by atoms with Crippen LogP contribution in [0, 0.1) is 5.82 Å². The van der Waals surface area contributed by atoms with E-state index in [0.717, 1.165) is 18.9 Å². The second kappa shape index (κ2) is 6.50. The fourth-order valence-electron chi connectivity index (χ4n) is 1.78. The van der Waals surface area contributed by atoms with Crippen LogP contribution in [0.3, 0.4) is 0 Å². The summed E-state index contributed by atoms with van der Waals surface area (Å²) in [4.78, 5) is 11.4. The number of benzene rings is 1. The van der Waals surface area contributed by atoms with Gasteiger partial charge < -0.3 is 11.1 Å². The molecule has 0 aromatic heterocycles. The molecule has 0 radical (unpaired) electrons. The molecule has 1 saturated carbocycles. The molecular formula is C13H18FN3O3S. The van der Waals surface area contributed by atoms with Gasteiger partial charge in [0.05, 0.1) is 4.90 Å². The summed E-state index contributed by atoms with van der Waals surface area (Å²) in [5.74, 6) is -0.720. The Morgan fingerprint density at radius 2 is 2.10 bits per heavy atom. The van der Waals surface area contributed by atoms with Gasteiger partial charge in [0.1, 0.15) is 5.82 Å². The normalized spacial score (nSPS) is 15.0. The minimum absolute atomic E-state index is 0.00375. The van der Waals surface area contributed by atoms with E-state index in [1.165, 1.54) is 12.1 Å². The lowest BCUT2D eigenvalue weighted by Gasteiger charge is -2.08. The van der Waals surface area contributed by atoms with E-state index in [1.807, 2.05) is 0 Å². The smallest absolute Gasteiger partial charge is 0.240 e. The molecule has 1 aromatic carbocycles. The summed E-state index contributed by atoms with van der Waals surface area (Å²) in [7, 11) is -3.77. The molecule has 4 N–H and O–H groups in total. The highest BCUT2D eigenvalue weighted by molar-refractivity contribution is 7.89. The van der Waals surface area contributed by atoms with Crippen molar-refractivity contribution in [1.82, 2.24) is 10.0 Å². The Morgan fingerprint density at radius 3 is 2.71 bits per heavy atom. The Bertz CT molecular complexity index is 630. The number of halogens is 1. The molecule has 1 fully saturated rings. The fraction of sp³-hybridized carbons (Fsp3) is 0.462. The number of hydrogen-bond acceptors (Lipinski definition) is 4. The monoisotopic (exact) mass is 315 g/mol. The topological polar surface area (TPSA) is 101 Å². The molecule has 1 aliphatic carbocycles. The lowest BCUT2D eigenvalue weighted by Crippen LogP contribution is -2.31. The zero-order valence-corrected chi connectivity index (χ0v) is 12.2. The summed E-state index contributed by atoms with van der Waals surface area (Å²) in [6, 6.07) is 3.68. The Balaban J connectivity index is 1.92. The van der Waals surface area contributed by atoms with Crippen molar-refractivity contribution in [2.24, 2.45) is 5.73 Å². The van der Waals surface area contributed by atoms with Crippen LogP contribution < -0.4 is 15.8 Å². The van der Waals surface area contributed by atoms with E-state index in [4.69, 9.17) is 5.73 Å². The Labute approximate surface area is 123 Å². The van der Waals surface area contributed by atoms with Gasteiger partial charge in [0.15, 0.2) is 0 Å². The first-order valence-electron chi connectivity index (χ1n) is 6.70. The van der Waals surface area contributed by atoms with Gasteiger partial charge in [-0.3, -0.25) is 4.79 Å². The number of sulfonamides is 1. The van der Waals surface area contributed by atoms with Crippen molar-refractivity contribution in [2.75, 3.05) is 6.54 Å². The average molecular weight is 315 g/mol. The van der Waals surface area contributed by atoms with Gasteiger partial charge in [-0.15, -0.1) is 0 Å². The van der Waals surface area contributed by atoms with Crippen LogP contribution in [-0.4, -0.2) is 26.9 Å². The first kappa shape index (κ1) is 15.9. The first-order valence-corrected chi connectivity index (χ1v) is 8.18. The second-order valence-electron chi connectivity index (χ2n) is 4.95. The minimum atomic E-state index is -3.77. The molecule has 1 aliphatic rings. The second-order valence-corrected chi connectivity index (χ2v) is 6.71. The van der Waals surface area contributed by atoms with Crippen LogP contribution in [0.1, 0.15) is 24.8 Å². The molecule has 6 nitrogen and oxygen atoms in total. The molecule has 1 amide bonds. The maximum absolute atomic E-state index is 13.3. The van der Waals surface area contributed by atoms with E-state index >= 15 is 0 Å². The molecule has 0 unspecified atom stereocenters. The molecule has 8 heteroatoms. The molecular weight excluding hydrogens is 297 g/mol. The Kier molecular flexibility index (Phi) is 4.92. The highest BCUT2D eigenvalue weighted by atomic mass is 32.2. The van der Waals surface area contributed by atoms with E-state index in [9.17, 15) is 17.6 Å². The number of carbonyl (C=O) groups excluding carboxylic acids is 1. The Hall–Kier alpha value is -1.51. The average Bonchev–Trinajstić information content (AvgIpc) is 3.22. The van der Waals surface area contributed by atoms with Gasteiger partial charge >= 0.3 is 0 Å². The zero-order valence-electron chi connectivity index (χ0n) is 11.4. The molecule has 0 aliphatic heterocycles. The third-order valence-corrected chi connectivity index (χ3v) is 4.59. The number of nitrogens with two attached hydrogens (primary N) is 1. The van der Waals surface area contributed by atoms with Crippen molar-refractivity contribution < 1.29 is 17.6 Å². The van der Waals surface area contributed by atoms with Crippen LogP contribution in [0.2, 0.25) is 0 Å². The van der Waals surface area contributed by atoms with Gasteiger partial charge in [0.2, 0.25) is 15.9 Å². The molecule has 0 spiro atoms. The van der Waals surface area contributed by atoms with Gasteiger partial charge in [0.25, 0.3) is 0 Å². The van der Waals surface area contributed by atoms with Crippen molar-refractivity contribution >= 4 is 15.9 Å².